The van der Waals surface area contributed by atoms with Crippen molar-refractivity contribution in [3.05, 3.63) is 62.5 Å². The van der Waals surface area contributed by atoms with Crippen LogP contribution in [0, 0.1) is 5.82 Å². The lowest BCUT2D eigenvalue weighted by Gasteiger charge is -2.43. The summed E-state index contributed by atoms with van der Waals surface area (Å²) in [6.07, 6.45) is 1.65. The Morgan fingerprint density at radius 2 is 2.10 bits per heavy atom. The fourth-order valence-electron chi connectivity index (χ4n) is 5.67. The van der Waals surface area contributed by atoms with Crippen molar-refractivity contribution < 1.29 is 23.8 Å². The molecule has 2 N–H and O–H groups in total. The predicted octanol–water partition coefficient (Wildman–Crippen LogP) is 3.43. The van der Waals surface area contributed by atoms with Crippen molar-refractivity contribution in [3.63, 3.8) is 0 Å². The average Bonchev–Trinajstić information content (AvgIpc) is 3.58. The molecular formula is C28H34ClFN6O4S. The maximum atomic E-state index is 14.6. The lowest BCUT2D eigenvalue weighted by molar-refractivity contribution is -0.139. The Morgan fingerprint density at radius 3 is 2.76 bits per heavy atom. The van der Waals surface area contributed by atoms with Crippen LogP contribution in [-0.4, -0.2) is 99.6 Å². The maximum Gasteiger partial charge on any atom is 0.338 e. The Hall–Kier alpha value is -3.06. The second-order valence-corrected chi connectivity index (χ2v) is 12.4. The van der Waals surface area contributed by atoms with Crippen LogP contribution in [0.1, 0.15) is 44.3 Å². The summed E-state index contributed by atoms with van der Waals surface area (Å²) in [4.78, 5) is 41.6. The van der Waals surface area contributed by atoms with Crippen molar-refractivity contribution in [3.8, 4) is 0 Å². The van der Waals surface area contributed by atoms with Gasteiger partial charge in [0.05, 0.1) is 35.9 Å². The van der Waals surface area contributed by atoms with Crippen molar-refractivity contribution in [2.45, 2.75) is 51.4 Å². The van der Waals surface area contributed by atoms with Crippen LogP contribution < -0.4 is 5.32 Å². The monoisotopic (exact) mass is 604 g/mol. The summed E-state index contributed by atoms with van der Waals surface area (Å²) in [6, 6.07) is 2.82. The number of ether oxygens (including phenoxy) is 1. The maximum absolute atomic E-state index is 14.6. The molecule has 0 spiro atoms. The van der Waals surface area contributed by atoms with Crippen molar-refractivity contribution in [2.75, 3.05) is 39.4 Å². The number of rotatable bonds is 7. The van der Waals surface area contributed by atoms with Crippen molar-refractivity contribution in [2.24, 2.45) is 4.99 Å². The molecule has 0 radical (unpaired) electrons. The Kier molecular flexibility index (Phi) is 8.38. The third-order valence-electron chi connectivity index (χ3n) is 7.68. The van der Waals surface area contributed by atoms with Gasteiger partial charge in [-0.2, -0.15) is 0 Å². The van der Waals surface area contributed by atoms with E-state index in [4.69, 9.17) is 21.3 Å². The van der Waals surface area contributed by atoms with Crippen molar-refractivity contribution in [1.82, 2.24) is 25.0 Å². The summed E-state index contributed by atoms with van der Waals surface area (Å²) in [5.41, 5.74) is 0.671. The number of hydrogen-bond donors (Lipinski definition) is 2. The number of fused-ring (bicyclic) bond motifs is 1. The number of urea groups is 1. The van der Waals surface area contributed by atoms with Gasteiger partial charge < -0.3 is 25.0 Å². The van der Waals surface area contributed by atoms with E-state index in [1.165, 1.54) is 23.5 Å². The first-order valence-corrected chi connectivity index (χ1v) is 14.8. The van der Waals surface area contributed by atoms with E-state index in [-0.39, 0.29) is 54.0 Å². The van der Waals surface area contributed by atoms with Crippen LogP contribution >= 0.6 is 22.9 Å². The molecule has 2 aromatic rings. The lowest BCUT2D eigenvalue weighted by atomic mass is 9.94. The number of thiazole rings is 1. The normalized spacial score (nSPS) is 23.4. The summed E-state index contributed by atoms with van der Waals surface area (Å²) in [5, 5.41) is 16.1. The molecule has 2 fully saturated rings. The van der Waals surface area contributed by atoms with Crippen LogP contribution in [0.15, 0.2) is 46.0 Å². The van der Waals surface area contributed by atoms with E-state index in [9.17, 15) is 19.1 Å². The van der Waals surface area contributed by atoms with E-state index in [1.807, 2.05) is 36.0 Å². The molecule has 2 amide bonds. The van der Waals surface area contributed by atoms with Crippen LogP contribution in [0.5, 0.6) is 0 Å². The summed E-state index contributed by atoms with van der Waals surface area (Å²) >= 11 is 7.79. The smallest absolute Gasteiger partial charge is 0.338 e. The highest BCUT2D eigenvalue weighted by Crippen LogP contribution is 2.38. The minimum atomic E-state index is -0.953. The Morgan fingerprint density at radius 1 is 1.32 bits per heavy atom. The number of hydrogen-bond acceptors (Lipinski definition) is 9. The van der Waals surface area contributed by atoms with Crippen LogP contribution in [0.4, 0.5) is 9.18 Å². The highest BCUT2D eigenvalue weighted by atomic mass is 35.5. The molecule has 5 rings (SSSR count). The van der Waals surface area contributed by atoms with E-state index >= 15 is 0 Å². The minimum Gasteiger partial charge on any atom is -0.463 e. The number of aromatic nitrogens is 1. The third kappa shape index (κ3) is 5.57. The van der Waals surface area contributed by atoms with E-state index in [1.54, 1.807) is 19.2 Å². The summed E-state index contributed by atoms with van der Waals surface area (Å²) in [7, 11) is 0. The Labute approximate surface area is 247 Å². The number of nitrogens with one attached hydrogen (secondary N) is 1. The molecule has 3 aliphatic rings. The van der Waals surface area contributed by atoms with Crippen LogP contribution in [0.3, 0.4) is 0 Å². The van der Waals surface area contributed by atoms with Crippen LogP contribution in [0.2, 0.25) is 5.02 Å². The number of amidine groups is 1. The standard InChI is InChI=1S/C28H34ClFN6O4S/c1-5-40-26(38)21-18(13-34-10-11-35-19(20(34)15-37)14-36(27(35)39)28(2,3)4)32-24(25-31-9-12-41-25)33-23(21)16-7-6-8-17(30)22(16)29/h6-9,12,19-20,23,37H,5,10-11,13-15H2,1-4H3,(H,32,33)/t19?,20-,23-/m0/s1. The van der Waals surface area contributed by atoms with Gasteiger partial charge in [-0.25, -0.2) is 19.0 Å². The summed E-state index contributed by atoms with van der Waals surface area (Å²) < 4.78 is 20.1. The number of benzene rings is 1. The Bertz CT molecular complexity index is 1380. The molecular weight excluding hydrogens is 571 g/mol. The second kappa shape index (κ2) is 11.7. The summed E-state index contributed by atoms with van der Waals surface area (Å²) in [6.45, 7) is 9.30. The number of aliphatic hydroxyl groups excluding tert-OH is 1. The average molecular weight is 605 g/mol. The highest BCUT2D eigenvalue weighted by molar-refractivity contribution is 7.11. The number of halogens is 2. The number of nitrogens with zero attached hydrogens (tertiary/aromatic N) is 5. The first kappa shape index (κ1) is 29.4. The molecule has 1 unspecified atom stereocenters. The number of esters is 1. The first-order chi connectivity index (χ1) is 19.5. The Balaban J connectivity index is 1.56. The van der Waals surface area contributed by atoms with Gasteiger partial charge in [0.2, 0.25) is 0 Å². The van der Waals surface area contributed by atoms with Crippen LogP contribution in [0.25, 0.3) is 0 Å². The minimum absolute atomic E-state index is 0.0400. The zero-order chi connectivity index (χ0) is 29.5. The summed E-state index contributed by atoms with van der Waals surface area (Å²) in [5.74, 6) is -0.803. The molecule has 13 heteroatoms. The van der Waals surface area contributed by atoms with E-state index in [0.29, 0.717) is 41.7 Å². The van der Waals surface area contributed by atoms with E-state index in [2.05, 4.69) is 15.2 Å². The molecule has 0 saturated carbocycles. The molecule has 3 aliphatic heterocycles. The number of piperazine rings is 1. The highest BCUT2D eigenvalue weighted by Gasteiger charge is 2.49. The van der Waals surface area contributed by atoms with E-state index in [0.717, 1.165) is 0 Å². The fourth-order valence-corrected chi connectivity index (χ4v) is 6.49. The molecule has 2 saturated heterocycles. The van der Waals surface area contributed by atoms with Gasteiger partial charge in [-0.05, 0) is 33.8 Å². The largest absolute Gasteiger partial charge is 0.463 e. The van der Waals surface area contributed by atoms with Gasteiger partial charge in [0.25, 0.3) is 0 Å². The number of aliphatic imine (C=N–C) groups is 1. The van der Waals surface area contributed by atoms with Crippen molar-refractivity contribution in [1.29, 1.82) is 0 Å². The van der Waals surface area contributed by atoms with Crippen LogP contribution in [-0.2, 0) is 9.53 Å². The third-order valence-corrected chi connectivity index (χ3v) is 8.86. The van der Waals surface area contributed by atoms with E-state index < -0.39 is 17.8 Å². The molecule has 41 heavy (non-hydrogen) atoms. The van der Waals surface area contributed by atoms with Gasteiger partial charge in [-0.1, -0.05) is 23.7 Å². The molecule has 1 aromatic carbocycles. The number of aliphatic hydroxyl groups is 1. The van der Waals surface area contributed by atoms with Gasteiger partial charge in [0.15, 0.2) is 10.8 Å². The van der Waals surface area contributed by atoms with Gasteiger partial charge in [-0.3, -0.25) is 9.89 Å². The lowest BCUT2D eigenvalue weighted by Crippen LogP contribution is -2.61. The molecule has 4 heterocycles. The second-order valence-electron chi connectivity index (χ2n) is 11.1. The molecule has 0 bridgehead atoms. The molecule has 3 atom stereocenters. The molecule has 220 valence electrons. The van der Waals surface area contributed by atoms with Gasteiger partial charge >= 0.3 is 12.0 Å². The zero-order valence-electron chi connectivity index (χ0n) is 23.4. The number of carbonyl (C=O) groups excluding carboxylic acids is 2. The van der Waals surface area contributed by atoms with Gasteiger partial charge in [0.1, 0.15) is 11.9 Å². The first-order valence-electron chi connectivity index (χ1n) is 13.6. The van der Waals surface area contributed by atoms with Gasteiger partial charge in [-0.15, -0.1) is 11.3 Å². The molecule has 1 aromatic heterocycles. The van der Waals surface area contributed by atoms with Gasteiger partial charge in [0, 0.05) is 54.6 Å². The number of carbonyl (C=O) groups is 2. The molecule has 10 nitrogen and oxygen atoms in total. The fraction of sp³-hybridized carbons (Fsp3) is 0.500. The topological polar surface area (TPSA) is 111 Å². The number of amides is 2. The quantitative estimate of drug-likeness (QED) is 0.466. The predicted molar refractivity (Wildman–Crippen MR) is 154 cm³/mol. The molecule has 0 aliphatic carbocycles. The zero-order valence-corrected chi connectivity index (χ0v) is 25.0. The SMILES string of the molecule is CCOC(=O)C1=C(CN2CCN3C(=O)N(C(C)(C)C)CC3[C@@H]2CO)NC(c2nccs2)=N[C@H]1c1cccc(F)c1Cl. The van der Waals surface area contributed by atoms with Crippen molar-refractivity contribution >= 4 is 40.8 Å².